The molecule has 0 spiro atoms. The van der Waals surface area contributed by atoms with Crippen LogP contribution in [-0.2, 0) is 0 Å². The molecule has 0 N–H and O–H groups in total. The summed E-state index contributed by atoms with van der Waals surface area (Å²) in [5.41, 5.74) is 1.10. The van der Waals surface area contributed by atoms with Crippen LogP contribution in [0.1, 0.15) is 0 Å². The van der Waals surface area contributed by atoms with Gasteiger partial charge in [-0.1, -0.05) is 0 Å². The quantitative estimate of drug-likeness (QED) is 0.575. The fourth-order valence-electron chi connectivity index (χ4n) is 1.03. The molecule has 3 heteroatoms. The number of pyridine rings is 1. The molecule has 0 saturated carbocycles. The molecule has 2 nitrogen and oxygen atoms in total. The summed E-state index contributed by atoms with van der Waals surface area (Å²) >= 11 is 2.19. The van der Waals surface area contributed by atoms with Crippen LogP contribution < -0.4 is 0 Å². The Bertz CT molecular complexity index is 351. The van der Waals surface area contributed by atoms with Gasteiger partial charge in [0.2, 0.25) is 0 Å². The van der Waals surface area contributed by atoms with Crippen LogP contribution in [0.3, 0.4) is 0 Å². The molecule has 12 heavy (non-hydrogen) atoms. The molecule has 0 bridgehead atoms. The maximum atomic E-state index is 4.20. The van der Waals surface area contributed by atoms with Crippen molar-refractivity contribution in [2.75, 3.05) is 0 Å². The van der Waals surface area contributed by atoms with Crippen molar-refractivity contribution in [1.82, 2.24) is 9.55 Å². The first-order valence-corrected chi connectivity index (χ1v) is 4.69. The lowest BCUT2D eigenvalue weighted by molar-refractivity contribution is 1.05. The summed E-state index contributed by atoms with van der Waals surface area (Å²) in [6, 6.07) is 8.04. The first kappa shape index (κ1) is 7.79. The van der Waals surface area contributed by atoms with Crippen molar-refractivity contribution < 1.29 is 0 Å². The average molecular weight is 270 g/mol. The largest absolute Gasteiger partial charge is 0.322 e. The lowest BCUT2D eigenvalue weighted by Crippen LogP contribution is -1.90. The molecule has 60 valence electrons. The van der Waals surface area contributed by atoms with Gasteiger partial charge in [-0.25, -0.2) is 4.98 Å². The van der Waals surface area contributed by atoms with Crippen LogP contribution >= 0.6 is 22.6 Å². The minimum absolute atomic E-state index is 1.02. The molecule has 2 heterocycles. The van der Waals surface area contributed by atoms with Crippen molar-refractivity contribution in [3.63, 3.8) is 0 Å². The Morgan fingerprint density at radius 3 is 2.50 bits per heavy atom. The molecule has 2 aromatic heterocycles. The summed E-state index contributed by atoms with van der Waals surface area (Å²) in [6.07, 6.45) is 5.87. The lowest BCUT2D eigenvalue weighted by atomic mass is 10.4. The van der Waals surface area contributed by atoms with Gasteiger partial charge < -0.3 is 4.57 Å². The Labute approximate surface area is 84.4 Å². The van der Waals surface area contributed by atoms with E-state index in [-0.39, 0.29) is 0 Å². The molecule has 0 radical (unpaired) electrons. The molecule has 0 aliphatic heterocycles. The Balaban J connectivity index is 2.43. The summed E-state index contributed by atoms with van der Waals surface area (Å²) in [6.45, 7) is 0. The summed E-state index contributed by atoms with van der Waals surface area (Å²) in [4.78, 5) is 4.20. The van der Waals surface area contributed by atoms with Crippen molar-refractivity contribution in [3.8, 4) is 5.69 Å². The standard InChI is InChI=1S/C9H7IN2/c10-9-4-3-8(7-11-9)12-5-1-2-6-12/h1-7H. The van der Waals surface area contributed by atoms with Gasteiger partial charge in [0.25, 0.3) is 0 Å². The number of halogens is 1. The molecular weight excluding hydrogens is 263 g/mol. The van der Waals surface area contributed by atoms with E-state index in [0.29, 0.717) is 0 Å². The van der Waals surface area contributed by atoms with E-state index in [2.05, 4.69) is 33.6 Å². The van der Waals surface area contributed by atoms with Crippen molar-refractivity contribution in [3.05, 3.63) is 46.6 Å². The molecule has 0 aliphatic rings. The van der Waals surface area contributed by atoms with Crippen LogP contribution in [0.5, 0.6) is 0 Å². The van der Waals surface area contributed by atoms with Crippen LogP contribution in [0.25, 0.3) is 5.69 Å². The van der Waals surface area contributed by atoms with E-state index in [0.717, 1.165) is 9.39 Å². The van der Waals surface area contributed by atoms with Crippen molar-refractivity contribution in [2.24, 2.45) is 0 Å². The van der Waals surface area contributed by atoms with Gasteiger partial charge in [0.15, 0.2) is 0 Å². The van der Waals surface area contributed by atoms with E-state index in [1.165, 1.54) is 0 Å². The Kier molecular flexibility index (Phi) is 2.12. The van der Waals surface area contributed by atoms with E-state index < -0.39 is 0 Å². The van der Waals surface area contributed by atoms with E-state index >= 15 is 0 Å². The van der Waals surface area contributed by atoms with Crippen molar-refractivity contribution in [2.45, 2.75) is 0 Å². The topological polar surface area (TPSA) is 17.8 Å². The normalized spacial score (nSPS) is 10.1. The lowest BCUT2D eigenvalue weighted by Gasteiger charge is -2.00. The summed E-state index contributed by atoms with van der Waals surface area (Å²) < 4.78 is 3.05. The highest BCUT2D eigenvalue weighted by Crippen LogP contribution is 2.07. The predicted octanol–water partition coefficient (Wildman–Crippen LogP) is 2.48. The molecule has 0 unspecified atom stereocenters. The van der Waals surface area contributed by atoms with Gasteiger partial charge in [-0.15, -0.1) is 0 Å². The molecule has 0 atom stereocenters. The van der Waals surface area contributed by atoms with Crippen LogP contribution in [-0.4, -0.2) is 9.55 Å². The van der Waals surface area contributed by atoms with Crippen molar-refractivity contribution >= 4 is 22.6 Å². The number of rotatable bonds is 1. The maximum Gasteiger partial charge on any atom is 0.101 e. The number of hydrogen-bond donors (Lipinski definition) is 0. The van der Waals surface area contributed by atoms with E-state index in [4.69, 9.17) is 0 Å². The fourth-order valence-corrected chi connectivity index (χ4v) is 1.35. The second-order valence-electron chi connectivity index (χ2n) is 2.43. The number of hydrogen-bond acceptors (Lipinski definition) is 1. The Morgan fingerprint density at radius 1 is 1.17 bits per heavy atom. The molecular formula is C9H7IN2. The Hall–Kier alpha value is -0.840. The van der Waals surface area contributed by atoms with Gasteiger partial charge in [0.05, 0.1) is 11.9 Å². The Morgan fingerprint density at radius 2 is 1.92 bits per heavy atom. The zero-order valence-electron chi connectivity index (χ0n) is 6.31. The third-order valence-electron chi connectivity index (χ3n) is 1.61. The minimum atomic E-state index is 1.02. The first-order valence-electron chi connectivity index (χ1n) is 3.61. The predicted molar refractivity (Wildman–Crippen MR) is 56.3 cm³/mol. The molecule has 0 fully saturated rings. The SMILES string of the molecule is Ic1ccc(-n2cccc2)cn1. The maximum absolute atomic E-state index is 4.20. The molecule has 0 saturated heterocycles. The average Bonchev–Trinajstić information content (AvgIpc) is 2.58. The highest BCUT2D eigenvalue weighted by molar-refractivity contribution is 14.1. The molecule has 0 aliphatic carbocycles. The van der Waals surface area contributed by atoms with Crippen LogP contribution in [0.15, 0.2) is 42.9 Å². The molecule has 2 rings (SSSR count). The van der Waals surface area contributed by atoms with Crippen molar-refractivity contribution in [1.29, 1.82) is 0 Å². The number of aromatic nitrogens is 2. The van der Waals surface area contributed by atoms with E-state index in [1.807, 2.05) is 41.4 Å². The molecule has 0 amide bonds. The molecule has 0 aromatic carbocycles. The first-order chi connectivity index (χ1) is 5.86. The third kappa shape index (κ3) is 1.50. The summed E-state index contributed by atoms with van der Waals surface area (Å²) in [7, 11) is 0. The second-order valence-corrected chi connectivity index (χ2v) is 3.53. The van der Waals surface area contributed by atoms with Gasteiger partial charge in [-0.05, 0) is 46.9 Å². The fraction of sp³-hybridized carbons (Fsp3) is 0. The second kappa shape index (κ2) is 3.26. The van der Waals surface area contributed by atoms with Gasteiger partial charge in [0, 0.05) is 12.4 Å². The van der Waals surface area contributed by atoms with Gasteiger partial charge in [0.1, 0.15) is 3.70 Å². The van der Waals surface area contributed by atoms with Gasteiger partial charge >= 0.3 is 0 Å². The summed E-state index contributed by atoms with van der Waals surface area (Å²) in [5.74, 6) is 0. The van der Waals surface area contributed by atoms with Crippen LogP contribution in [0.4, 0.5) is 0 Å². The zero-order chi connectivity index (χ0) is 8.39. The highest BCUT2D eigenvalue weighted by Gasteiger charge is 1.93. The van der Waals surface area contributed by atoms with Crippen LogP contribution in [0, 0.1) is 3.70 Å². The third-order valence-corrected chi connectivity index (χ3v) is 2.25. The minimum Gasteiger partial charge on any atom is -0.322 e. The molecule has 2 aromatic rings. The smallest absolute Gasteiger partial charge is 0.101 e. The van der Waals surface area contributed by atoms with Gasteiger partial charge in [-0.3, -0.25) is 0 Å². The highest BCUT2D eigenvalue weighted by atomic mass is 127. The number of nitrogens with zero attached hydrogens (tertiary/aromatic N) is 2. The zero-order valence-corrected chi connectivity index (χ0v) is 8.47. The van der Waals surface area contributed by atoms with Gasteiger partial charge in [-0.2, -0.15) is 0 Å². The van der Waals surface area contributed by atoms with E-state index in [9.17, 15) is 0 Å². The van der Waals surface area contributed by atoms with Crippen LogP contribution in [0.2, 0.25) is 0 Å². The van der Waals surface area contributed by atoms with E-state index in [1.54, 1.807) is 0 Å². The monoisotopic (exact) mass is 270 g/mol. The summed E-state index contributed by atoms with van der Waals surface area (Å²) in [5, 5.41) is 0.